The Hall–Kier alpha value is -3.68. The van der Waals surface area contributed by atoms with E-state index in [1.807, 2.05) is 0 Å². The molecule has 0 saturated carbocycles. The SMILES string of the molecule is COC(=O)Nc1nc2ccccc2n1C(=N)Oc1ccc(C(C)=O)cc1. The van der Waals surface area contributed by atoms with Gasteiger partial charge in [0.05, 0.1) is 18.1 Å². The lowest BCUT2D eigenvalue weighted by Crippen LogP contribution is -2.23. The third-order valence-electron chi connectivity index (χ3n) is 3.64. The summed E-state index contributed by atoms with van der Waals surface area (Å²) >= 11 is 0. The average Bonchev–Trinajstić information content (AvgIpc) is 2.99. The van der Waals surface area contributed by atoms with Crippen LogP contribution in [0, 0.1) is 5.41 Å². The van der Waals surface area contributed by atoms with Gasteiger partial charge < -0.3 is 9.47 Å². The van der Waals surface area contributed by atoms with Crippen LogP contribution in [-0.4, -0.2) is 34.6 Å². The zero-order chi connectivity index (χ0) is 18.7. The second kappa shape index (κ2) is 7.06. The van der Waals surface area contributed by atoms with Crippen molar-refractivity contribution in [2.75, 3.05) is 12.4 Å². The topological polar surface area (TPSA) is 106 Å². The van der Waals surface area contributed by atoms with Gasteiger partial charge in [-0.05, 0) is 43.3 Å². The lowest BCUT2D eigenvalue weighted by molar-refractivity contribution is 0.101. The number of nitrogens with one attached hydrogen (secondary N) is 2. The number of para-hydroxylation sites is 2. The van der Waals surface area contributed by atoms with Gasteiger partial charge in [0.2, 0.25) is 5.95 Å². The molecule has 3 rings (SSSR count). The van der Waals surface area contributed by atoms with Gasteiger partial charge in [-0.15, -0.1) is 0 Å². The van der Waals surface area contributed by atoms with Crippen molar-refractivity contribution in [3.63, 3.8) is 0 Å². The smallest absolute Gasteiger partial charge is 0.413 e. The molecular weight excluding hydrogens is 336 g/mol. The summed E-state index contributed by atoms with van der Waals surface area (Å²) in [6, 6.07) is 13.3. The Morgan fingerprint density at radius 1 is 1.12 bits per heavy atom. The van der Waals surface area contributed by atoms with E-state index in [9.17, 15) is 9.59 Å². The molecule has 0 atom stereocenters. The number of carbonyl (C=O) groups excluding carboxylic acids is 2. The lowest BCUT2D eigenvalue weighted by atomic mass is 10.1. The standard InChI is InChI=1S/C18H16N4O4/c1-11(23)12-7-9-13(10-8-12)26-16(19)22-15-6-4-3-5-14(15)20-17(22)21-18(24)25-2/h3-10,19H,1-2H3,(H,20,21,24). The third kappa shape index (κ3) is 3.39. The van der Waals surface area contributed by atoms with Crippen molar-refractivity contribution < 1.29 is 19.1 Å². The Kier molecular flexibility index (Phi) is 4.66. The van der Waals surface area contributed by atoms with Gasteiger partial charge in [-0.3, -0.25) is 15.5 Å². The van der Waals surface area contributed by atoms with E-state index in [1.54, 1.807) is 48.5 Å². The first-order valence-corrected chi connectivity index (χ1v) is 7.70. The van der Waals surface area contributed by atoms with Crippen molar-refractivity contribution in [2.45, 2.75) is 6.92 Å². The Balaban J connectivity index is 1.94. The van der Waals surface area contributed by atoms with E-state index in [1.165, 1.54) is 18.6 Å². The molecule has 8 nitrogen and oxygen atoms in total. The first kappa shape index (κ1) is 17.2. The molecule has 1 aromatic heterocycles. The molecule has 0 saturated heterocycles. The highest BCUT2D eigenvalue weighted by atomic mass is 16.5. The van der Waals surface area contributed by atoms with Crippen molar-refractivity contribution in [2.24, 2.45) is 0 Å². The molecule has 0 radical (unpaired) electrons. The molecule has 0 aliphatic rings. The summed E-state index contributed by atoms with van der Waals surface area (Å²) in [5, 5.41) is 10.8. The van der Waals surface area contributed by atoms with Gasteiger partial charge in [0.15, 0.2) is 5.78 Å². The summed E-state index contributed by atoms with van der Waals surface area (Å²) in [5.74, 6) is 0.419. The summed E-state index contributed by atoms with van der Waals surface area (Å²) in [6.07, 6.45) is -0.708. The van der Waals surface area contributed by atoms with Gasteiger partial charge in [0.1, 0.15) is 5.75 Å². The van der Waals surface area contributed by atoms with Gasteiger partial charge in [0, 0.05) is 5.56 Å². The third-order valence-corrected chi connectivity index (χ3v) is 3.64. The van der Waals surface area contributed by atoms with E-state index in [0.29, 0.717) is 22.3 Å². The number of aromatic nitrogens is 2. The van der Waals surface area contributed by atoms with Crippen LogP contribution in [0.15, 0.2) is 48.5 Å². The molecule has 0 unspecified atom stereocenters. The minimum Gasteiger partial charge on any atom is -0.453 e. The molecular formula is C18H16N4O4. The number of ether oxygens (including phenoxy) is 2. The Morgan fingerprint density at radius 3 is 2.46 bits per heavy atom. The summed E-state index contributed by atoms with van der Waals surface area (Å²) in [4.78, 5) is 27.2. The number of imidazole rings is 1. The normalized spacial score (nSPS) is 10.4. The second-order valence-corrected chi connectivity index (χ2v) is 5.36. The van der Waals surface area contributed by atoms with Gasteiger partial charge >= 0.3 is 12.1 Å². The molecule has 1 heterocycles. The number of hydrogen-bond donors (Lipinski definition) is 2. The van der Waals surface area contributed by atoms with Crippen molar-refractivity contribution in [3.05, 3.63) is 54.1 Å². The highest BCUT2D eigenvalue weighted by molar-refractivity contribution is 5.96. The maximum Gasteiger partial charge on any atom is 0.413 e. The summed E-state index contributed by atoms with van der Waals surface area (Å²) in [7, 11) is 1.24. The van der Waals surface area contributed by atoms with E-state index in [-0.39, 0.29) is 17.8 Å². The molecule has 0 spiro atoms. The first-order valence-electron chi connectivity index (χ1n) is 7.70. The fourth-order valence-corrected chi connectivity index (χ4v) is 2.37. The number of Topliss-reactive ketones (excluding diaryl/α,β-unsaturated/α-hetero) is 1. The van der Waals surface area contributed by atoms with Crippen LogP contribution in [0.1, 0.15) is 17.3 Å². The maximum absolute atomic E-state index is 11.6. The molecule has 26 heavy (non-hydrogen) atoms. The van der Waals surface area contributed by atoms with E-state index in [4.69, 9.17) is 10.1 Å². The van der Waals surface area contributed by atoms with Crippen LogP contribution in [0.5, 0.6) is 5.75 Å². The average molecular weight is 352 g/mol. The van der Waals surface area contributed by atoms with Crippen LogP contribution >= 0.6 is 0 Å². The number of rotatable bonds is 3. The van der Waals surface area contributed by atoms with E-state index in [2.05, 4.69) is 15.0 Å². The molecule has 2 N–H and O–H groups in total. The molecule has 8 heteroatoms. The first-order chi connectivity index (χ1) is 12.5. The maximum atomic E-state index is 11.6. The lowest BCUT2D eigenvalue weighted by Gasteiger charge is -2.11. The predicted octanol–water partition coefficient (Wildman–Crippen LogP) is 3.28. The predicted molar refractivity (Wildman–Crippen MR) is 96.0 cm³/mol. The summed E-state index contributed by atoms with van der Waals surface area (Å²) in [5.41, 5.74) is 1.72. The van der Waals surface area contributed by atoms with Gasteiger partial charge in [-0.1, -0.05) is 12.1 Å². The Bertz CT molecular complexity index is 992. The summed E-state index contributed by atoms with van der Waals surface area (Å²) in [6.45, 7) is 1.47. The zero-order valence-corrected chi connectivity index (χ0v) is 14.1. The zero-order valence-electron chi connectivity index (χ0n) is 14.1. The van der Waals surface area contributed by atoms with Crippen molar-refractivity contribution >= 4 is 34.9 Å². The van der Waals surface area contributed by atoms with E-state index < -0.39 is 6.09 Å². The van der Waals surface area contributed by atoms with Crippen LogP contribution in [-0.2, 0) is 4.74 Å². The molecule has 0 aliphatic heterocycles. The fourth-order valence-electron chi connectivity index (χ4n) is 2.37. The van der Waals surface area contributed by atoms with Crippen molar-refractivity contribution in [1.29, 1.82) is 5.41 Å². The van der Waals surface area contributed by atoms with Crippen LogP contribution < -0.4 is 10.1 Å². The van der Waals surface area contributed by atoms with Crippen LogP contribution in [0.4, 0.5) is 10.7 Å². The molecule has 0 bridgehead atoms. The number of benzene rings is 2. The number of ketones is 1. The van der Waals surface area contributed by atoms with E-state index in [0.717, 1.165) is 0 Å². The van der Waals surface area contributed by atoms with Crippen LogP contribution in [0.3, 0.4) is 0 Å². The minimum atomic E-state index is -0.708. The monoisotopic (exact) mass is 352 g/mol. The number of carbonyl (C=O) groups is 2. The number of methoxy groups -OCH3 is 1. The highest BCUT2D eigenvalue weighted by Gasteiger charge is 2.18. The highest BCUT2D eigenvalue weighted by Crippen LogP contribution is 2.21. The quantitative estimate of drug-likeness (QED) is 0.427. The van der Waals surface area contributed by atoms with Gasteiger partial charge in [0.25, 0.3) is 0 Å². The van der Waals surface area contributed by atoms with Crippen LogP contribution in [0.2, 0.25) is 0 Å². The molecule has 0 aliphatic carbocycles. The van der Waals surface area contributed by atoms with Crippen molar-refractivity contribution in [3.8, 4) is 5.75 Å². The summed E-state index contributed by atoms with van der Waals surface area (Å²) < 4.78 is 11.5. The molecule has 3 aromatic rings. The Morgan fingerprint density at radius 2 is 1.81 bits per heavy atom. The molecule has 2 aromatic carbocycles. The second-order valence-electron chi connectivity index (χ2n) is 5.36. The van der Waals surface area contributed by atoms with E-state index >= 15 is 0 Å². The van der Waals surface area contributed by atoms with Crippen LogP contribution in [0.25, 0.3) is 11.0 Å². The minimum absolute atomic E-state index is 0.0585. The molecule has 1 amide bonds. The number of nitrogens with zero attached hydrogens (tertiary/aromatic N) is 2. The molecule has 132 valence electrons. The van der Waals surface area contributed by atoms with Crippen molar-refractivity contribution in [1.82, 2.24) is 9.55 Å². The molecule has 0 fully saturated rings. The fraction of sp³-hybridized carbons (Fsp3) is 0.111. The number of hydrogen-bond acceptors (Lipinski definition) is 6. The number of amides is 1. The number of anilines is 1. The van der Waals surface area contributed by atoms with Gasteiger partial charge in [-0.25, -0.2) is 14.3 Å². The Labute approximate surface area is 148 Å². The van der Waals surface area contributed by atoms with Gasteiger partial charge in [-0.2, -0.15) is 0 Å². The number of fused-ring (bicyclic) bond motifs is 1. The largest absolute Gasteiger partial charge is 0.453 e.